The Hall–Kier alpha value is -1.86. The molecule has 0 spiro atoms. The van der Waals surface area contributed by atoms with Crippen molar-refractivity contribution in [1.29, 1.82) is 0 Å². The lowest BCUT2D eigenvalue weighted by Crippen LogP contribution is -2.34. The normalized spacial score (nSPS) is 13.7. The van der Waals surface area contributed by atoms with Gasteiger partial charge in [0.05, 0.1) is 5.92 Å². The van der Waals surface area contributed by atoms with Crippen LogP contribution in [0.1, 0.15) is 24.3 Å². The second kappa shape index (κ2) is 6.93. The molecule has 1 amide bonds. The Bertz CT molecular complexity index is 673. The number of halogens is 2. The van der Waals surface area contributed by atoms with Crippen LogP contribution in [0.15, 0.2) is 24.4 Å². The van der Waals surface area contributed by atoms with Crippen LogP contribution in [-0.4, -0.2) is 16.9 Å². The molecule has 2 rings (SSSR count). The lowest BCUT2D eigenvalue weighted by atomic mass is 10.0. The van der Waals surface area contributed by atoms with Crippen LogP contribution in [0.3, 0.4) is 0 Å². The summed E-state index contributed by atoms with van der Waals surface area (Å²) in [6.07, 6.45) is 1.86. The Morgan fingerprint density at radius 2 is 2.14 bits per heavy atom. The smallest absolute Gasteiger partial charge is 0.230 e. The molecule has 2 atom stereocenters. The number of rotatable bonds is 5. The highest BCUT2D eigenvalue weighted by atomic mass is 32.1. The summed E-state index contributed by atoms with van der Waals surface area (Å²) >= 11 is 1.25. The molecule has 22 heavy (non-hydrogen) atoms. The second-order valence-corrected chi connectivity index (χ2v) is 6.30. The third kappa shape index (κ3) is 4.08. The SMILES string of the molecule is CC(N)C(C)C(=O)Nc1ncc(Cc2ccc(F)cc2F)s1. The zero-order valence-corrected chi connectivity index (χ0v) is 13.1. The van der Waals surface area contributed by atoms with E-state index in [0.29, 0.717) is 17.1 Å². The Morgan fingerprint density at radius 1 is 1.41 bits per heavy atom. The van der Waals surface area contributed by atoms with Crippen molar-refractivity contribution >= 4 is 22.4 Å². The highest BCUT2D eigenvalue weighted by molar-refractivity contribution is 7.15. The maximum Gasteiger partial charge on any atom is 0.230 e. The second-order valence-electron chi connectivity index (χ2n) is 5.18. The summed E-state index contributed by atoms with van der Waals surface area (Å²) in [7, 11) is 0. The molecule has 7 heteroatoms. The number of carbonyl (C=O) groups is 1. The van der Waals surface area contributed by atoms with Crippen LogP contribution < -0.4 is 11.1 Å². The fourth-order valence-corrected chi connectivity index (χ4v) is 2.60. The van der Waals surface area contributed by atoms with Crippen molar-refractivity contribution in [2.75, 3.05) is 5.32 Å². The average molecular weight is 325 g/mol. The number of hydrogen-bond acceptors (Lipinski definition) is 4. The number of nitrogens with two attached hydrogens (primary N) is 1. The first-order chi connectivity index (χ1) is 10.4. The summed E-state index contributed by atoms with van der Waals surface area (Å²) in [6, 6.07) is 3.21. The van der Waals surface area contributed by atoms with E-state index < -0.39 is 11.6 Å². The minimum Gasteiger partial charge on any atom is -0.327 e. The number of hydrogen-bond donors (Lipinski definition) is 2. The molecule has 0 radical (unpaired) electrons. The van der Waals surface area contributed by atoms with Crippen LogP contribution in [0.5, 0.6) is 0 Å². The third-order valence-corrected chi connectivity index (χ3v) is 4.28. The van der Waals surface area contributed by atoms with E-state index in [1.807, 2.05) is 0 Å². The number of nitrogens with one attached hydrogen (secondary N) is 1. The predicted octanol–water partition coefficient (Wildman–Crippen LogP) is 2.93. The molecule has 0 saturated heterocycles. The summed E-state index contributed by atoms with van der Waals surface area (Å²) < 4.78 is 26.5. The van der Waals surface area contributed by atoms with Crippen LogP contribution in [-0.2, 0) is 11.2 Å². The van der Waals surface area contributed by atoms with E-state index in [1.54, 1.807) is 20.0 Å². The van der Waals surface area contributed by atoms with Gasteiger partial charge in [0.1, 0.15) is 11.6 Å². The topological polar surface area (TPSA) is 68.0 Å². The van der Waals surface area contributed by atoms with Crippen molar-refractivity contribution in [2.45, 2.75) is 26.3 Å². The molecule has 1 aromatic heterocycles. The number of carbonyl (C=O) groups excluding carboxylic acids is 1. The minimum absolute atomic E-state index is 0.205. The van der Waals surface area contributed by atoms with Gasteiger partial charge in [0.15, 0.2) is 5.13 Å². The number of aromatic nitrogens is 1. The summed E-state index contributed by atoms with van der Waals surface area (Å²) in [5, 5.41) is 3.13. The Labute approximate surface area is 131 Å². The van der Waals surface area contributed by atoms with Gasteiger partial charge in [-0.15, -0.1) is 11.3 Å². The molecule has 4 nitrogen and oxygen atoms in total. The molecule has 2 aromatic rings. The first kappa shape index (κ1) is 16.5. The van der Waals surface area contributed by atoms with Crippen molar-refractivity contribution in [3.8, 4) is 0 Å². The molecule has 0 saturated carbocycles. The van der Waals surface area contributed by atoms with E-state index in [2.05, 4.69) is 10.3 Å². The summed E-state index contributed by atoms with van der Waals surface area (Å²) in [5.41, 5.74) is 6.06. The van der Waals surface area contributed by atoms with E-state index in [1.165, 1.54) is 23.5 Å². The molecule has 1 aromatic carbocycles. The van der Waals surface area contributed by atoms with E-state index in [9.17, 15) is 13.6 Å². The molecule has 2 unspecified atom stereocenters. The van der Waals surface area contributed by atoms with Gasteiger partial charge in [0, 0.05) is 29.6 Å². The van der Waals surface area contributed by atoms with Crippen molar-refractivity contribution < 1.29 is 13.6 Å². The maximum atomic E-state index is 13.6. The van der Waals surface area contributed by atoms with Crippen LogP contribution in [0, 0.1) is 17.6 Å². The van der Waals surface area contributed by atoms with E-state index in [-0.39, 0.29) is 17.9 Å². The van der Waals surface area contributed by atoms with Crippen LogP contribution in [0.25, 0.3) is 0 Å². The molecule has 1 heterocycles. The van der Waals surface area contributed by atoms with Gasteiger partial charge in [-0.2, -0.15) is 0 Å². The first-order valence-corrected chi connectivity index (χ1v) is 7.63. The van der Waals surface area contributed by atoms with Crippen molar-refractivity contribution in [1.82, 2.24) is 4.98 Å². The van der Waals surface area contributed by atoms with E-state index in [0.717, 1.165) is 10.9 Å². The van der Waals surface area contributed by atoms with Gasteiger partial charge in [-0.25, -0.2) is 13.8 Å². The number of nitrogens with zero attached hydrogens (tertiary/aromatic N) is 1. The lowest BCUT2D eigenvalue weighted by Gasteiger charge is -2.13. The number of benzene rings is 1. The predicted molar refractivity (Wildman–Crippen MR) is 82.7 cm³/mol. The largest absolute Gasteiger partial charge is 0.327 e. The highest BCUT2D eigenvalue weighted by Gasteiger charge is 2.18. The zero-order valence-electron chi connectivity index (χ0n) is 12.3. The van der Waals surface area contributed by atoms with Crippen LogP contribution >= 0.6 is 11.3 Å². The zero-order chi connectivity index (χ0) is 16.3. The monoisotopic (exact) mass is 325 g/mol. The Morgan fingerprint density at radius 3 is 2.77 bits per heavy atom. The number of amides is 1. The van der Waals surface area contributed by atoms with Gasteiger partial charge >= 0.3 is 0 Å². The molecular weight excluding hydrogens is 308 g/mol. The van der Waals surface area contributed by atoms with Gasteiger partial charge in [0.2, 0.25) is 5.91 Å². The summed E-state index contributed by atoms with van der Waals surface area (Å²) in [6.45, 7) is 3.50. The van der Waals surface area contributed by atoms with Crippen molar-refractivity contribution in [2.24, 2.45) is 11.7 Å². The molecule has 0 bridgehead atoms. The lowest BCUT2D eigenvalue weighted by molar-refractivity contribution is -0.119. The van der Waals surface area contributed by atoms with Crippen molar-refractivity contribution in [3.63, 3.8) is 0 Å². The number of anilines is 1. The fourth-order valence-electron chi connectivity index (χ4n) is 1.76. The number of thiazole rings is 1. The van der Waals surface area contributed by atoms with Gasteiger partial charge in [-0.3, -0.25) is 4.79 Å². The highest BCUT2D eigenvalue weighted by Crippen LogP contribution is 2.23. The third-order valence-electron chi connectivity index (χ3n) is 3.37. The fraction of sp³-hybridized carbons (Fsp3) is 0.333. The van der Waals surface area contributed by atoms with E-state index in [4.69, 9.17) is 5.73 Å². The molecule has 0 aliphatic heterocycles. The van der Waals surface area contributed by atoms with Gasteiger partial charge in [0.25, 0.3) is 0 Å². The Kier molecular flexibility index (Phi) is 5.20. The van der Waals surface area contributed by atoms with Gasteiger partial charge in [-0.1, -0.05) is 13.0 Å². The molecule has 3 N–H and O–H groups in total. The molecular formula is C15H17F2N3OS. The summed E-state index contributed by atoms with van der Waals surface area (Å²) in [4.78, 5) is 16.7. The molecule has 0 aliphatic carbocycles. The van der Waals surface area contributed by atoms with Gasteiger partial charge in [-0.05, 0) is 18.6 Å². The average Bonchev–Trinajstić information content (AvgIpc) is 2.88. The van der Waals surface area contributed by atoms with Crippen LogP contribution in [0.4, 0.5) is 13.9 Å². The molecule has 118 valence electrons. The quantitative estimate of drug-likeness (QED) is 0.888. The Balaban J connectivity index is 2.04. The molecule has 0 aliphatic rings. The van der Waals surface area contributed by atoms with Crippen LogP contribution in [0.2, 0.25) is 0 Å². The summed E-state index contributed by atoms with van der Waals surface area (Å²) in [5.74, 6) is -1.74. The first-order valence-electron chi connectivity index (χ1n) is 6.82. The maximum absolute atomic E-state index is 13.6. The minimum atomic E-state index is -0.608. The van der Waals surface area contributed by atoms with E-state index >= 15 is 0 Å². The molecule has 0 fully saturated rings. The van der Waals surface area contributed by atoms with Crippen molar-refractivity contribution in [3.05, 3.63) is 46.5 Å². The van der Waals surface area contributed by atoms with Gasteiger partial charge < -0.3 is 11.1 Å². The standard InChI is InChI=1S/C15H17F2N3OS/c1-8(9(2)18)14(21)20-15-19-7-12(22-15)5-10-3-4-11(16)6-13(10)17/h3-4,6-9H,5,18H2,1-2H3,(H,19,20,21).